The highest BCUT2D eigenvalue weighted by molar-refractivity contribution is 7.88. The fraction of sp³-hybridized carbons (Fsp3) is 1.00. The van der Waals surface area contributed by atoms with Crippen molar-refractivity contribution in [3.05, 3.63) is 0 Å². The molecule has 5 nitrogen and oxygen atoms in total. The summed E-state index contributed by atoms with van der Waals surface area (Å²) in [4.78, 5) is 2.45. The van der Waals surface area contributed by atoms with Crippen LogP contribution in [0.25, 0.3) is 0 Å². The first-order valence-electron chi connectivity index (χ1n) is 6.94. The van der Waals surface area contributed by atoms with E-state index in [9.17, 15) is 8.42 Å². The molecule has 0 aromatic heterocycles. The molecular weight excluding hydrogens is 286 g/mol. The van der Waals surface area contributed by atoms with Crippen LogP contribution in [0.15, 0.2) is 0 Å². The van der Waals surface area contributed by atoms with Crippen molar-refractivity contribution < 1.29 is 8.42 Å². The Kier molecular flexibility index (Phi) is 7.04. The zero-order valence-electron chi connectivity index (χ0n) is 11.7. The second-order valence-electron chi connectivity index (χ2n) is 5.51. The Balaban J connectivity index is 0.00000180. The highest BCUT2D eigenvalue weighted by Crippen LogP contribution is 2.15. The van der Waals surface area contributed by atoms with E-state index in [1.54, 1.807) is 4.31 Å². The van der Waals surface area contributed by atoms with E-state index in [0.717, 1.165) is 45.1 Å². The van der Waals surface area contributed by atoms with Gasteiger partial charge in [0.05, 0.1) is 6.26 Å². The van der Waals surface area contributed by atoms with Gasteiger partial charge in [0.25, 0.3) is 0 Å². The molecule has 0 aliphatic carbocycles. The summed E-state index contributed by atoms with van der Waals surface area (Å²) in [5.74, 6) is 0.788. The summed E-state index contributed by atoms with van der Waals surface area (Å²) in [6.45, 7) is 6.67. The Hall–Kier alpha value is 0.120. The Morgan fingerprint density at radius 1 is 1.11 bits per heavy atom. The van der Waals surface area contributed by atoms with E-state index in [1.165, 1.54) is 19.1 Å². The molecule has 0 bridgehead atoms. The van der Waals surface area contributed by atoms with Crippen LogP contribution in [0.1, 0.15) is 19.3 Å². The third-order valence-electron chi connectivity index (χ3n) is 3.99. The van der Waals surface area contributed by atoms with Gasteiger partial charge in [-0.3, -0.25) is 0 Å². The fourth-order valence-electron chi connectivity index (χ4n) is 2.89. The maximum absolute atomic E-state index is 11.5. The molecule has 0 atom stereocenters. The van der Waals surface area contributed by atoms with Crippen molar-refractivity contribution in [3.63, 3.8) is 0 Å². The monoisotopic (exact) mass is 311 g/mol. The quantitative estimate of drug-likeness (QED) is 0.818. The van der Waals surface area contributed by atoms with Crippen molar-refractivity contribution in [1.29, 1.82) is 0 Å². The van der Waals surface area contributed by atoms with Crippen LogP contribution in [0.3, 0.4) is 0 Å². The highest BCUT2D eigenvalue weighted by atomic mass is 35.5. The van der Waals surface area contributed by atoms with Crippen molar-refractivity contribution in [2.45, 2.75) is 19.3 Å². The largest absolute Gasteiger partial charge is 0.317 e. The smallest absolute Gasteiger partial charge is 0.211 e. The maximum atomic E-state index is 11.5. The van der Waals surface area contributed by atoms with E-state index < -0.39 is 10.0 Å². The van der Waals surface area contributed by atoms with Crippen molar-refractivity contribution in [2.24, 2.45) is 5.92 Å². The molecule has 2 heterocycles. The molecule has 19 heavy (non-hydrogen) atoms. The maximum Gasteiger partial charge on any atom is 0.211 e. The molecule has 0 aromatic carbocycles. The van der Waals surface area contributed by atoms with Gasteiger partial charge < -0.3 is 10.2 Å². The van der Waals surface area contributed by atoms with Crippen LogP contribution in [0, 0.1) is 5.92 Å². The van der Waals surface area contributed by atoms with Gasteiger partial charge in [-0.15, -0.1) is 12.4 Å². The van der Waals surface area contributed by atoms with Gasteiger partial charge >= 0.3 is 0 Å². The molecule has 2 fully saturated rings. The molecule has 0 saturated carbocycles. The lowest BCUT2D eigenvalue weighted by Gasteiger charge is -2.29. The van der Waals surface area contributed by atoms with E-state index in [0.29, 0.717) is 13.1 Å². The van der Waals surface area contributed by atoms with Crippen LogP contribution >= 0.6 is 12.4 Å². The lowest BCUT2D eigenvalue weighted by Crippen LogP contribution is -2.38. The predicted octanol–water partition coefficient (Wildman–Crippen LogP) is 0.375. The van der Waals surface area contributed by atoms with Crippen LogP contribution in [0.4, 0.5) is 0 Å². The summed E-state index contributed by atoms with van der Waals surface area (Å²) in [5, 5.41) is 3.39. The van der Waals surface area contributed by atoms with Crippen LogP contribution in [0.2, 0.25) is 0 Å². The Morgan fingerprint density at radius 2 is 1.79 bits per heavy atom. The first-order chi connectivity index (χ1) is 8.55. The number of nitrogens with one attached hydrogen (secondary N) is 1. The second kappa shape index (κ2) is 7.78. The average molecular weight is 312 g/mol. The molecule has 7 heteroatoms. The Morgan fingerprint density at radius 3 is 2.42 bits per heavy atom. The van der Waals surface area contributed by atoms with Crippen molar-refractivity contribution in [2.75, 3.05) is 52.1 Å². The van der Waals surface area contributed by atoms with Crippen LogP contribution < -0.4 is 5.32 Å². The molecule has 1 N–H and O–H groups in total. The Bertz CT molecular complexity index is 358. The molecule has 0 amide bonds. The van der Waals surface area contributed by atoms with Crippen molar-refractivity contribution >= 4 is 22.4 Å². The minimum atomic E-state index is -3.01. The van der Waals surface area contributed by atoms with Crippen LogP contribution in [-0.2, 0) is 10.0 Å². The van der Waals surface area contributed by atoms with E-state index in [-0.39, 0.29) is 12.4 Å². The van der Waals surface area contributed by atoms with E-state index in [1.807, 2.05) is 0 Å². The van der Waals surface area contributed by atoms with Crippen molar-refractivity contribution in [1.82, 2.24) is 14.5 Å². The summed E-state index contributed by atoms with van der Waals surface area (Å²) >= 11 is 0. The van der Waals surface area contributed by atoms with E-state index in [2.05, 4.69) is 10.2 Å². The minimum absolute atomic E-state index is 0. The molecule has 2 aliphatic rings. The highest BCUT2D eigenvalue weighted by Gasteiger charge is 2.23. The van der Waals surface area contributed by atoms with Gasteiger partial charge in [-0.05, 0) is 44.8 Å². The van der Waals surface area contributed by atoms with Gasteiger partial charge in [-0.1, -0.05) is 0 Å². The van der Waals surface area contributed by atoms with E-state index >= 15 is 0 Å². The molecule has 2 aliphatic heterocycles. The third-order valence-corrected chi connectivity index (χ3v) is 5.29. The van der Waals surface area contributed by atoms with E-state index in [4.69, 9.17) is 0 Å². The van der Waals surface area contributed by atoms with Crippen LogP contribution in [-0.4, -0.2) is 69.7 Å². The summed E-state index contributed by atoms with van der Waals surface area (Å²) in [6.07, 6.45) is 4.78. The fourth-order valence-corrected chi connectivity index (χ4v) is 3.76. The predicted molar refractivity (Wildman–Crippen MR) is 80.3 cm³/mol. The molecule has 2 rings (SSSR count). The second-order valence-corrected chi connectivity index (χ2v) is 7.49. The number of hydrogen-bond donors (Lipinski definition) is 1. The van der Waals surface area contributed by atoms with Gasteiger partial charge in [0, 0.05) is 26.2 Å². The number of piperidine rings is 1. The molecule has 0 radical (unpaired) electrons. The Labute approximate surface area is 123 Å². The topological polar surface area (TPSA) is 52.7 Å². The van der Waals surface area contributed by atoms with Crippen LogP contribution in [0.5, 0.6) is 0 Å². The van der Waals surface area contributed by atoms with Crippen molar-refractivity contribution in [3.8, 4) is 0 Å². The standard InChI is InChI=1S/C12H25N3O2S.ClH/c1-18(16,17)15-8-2-7-14(9-10-15)11-12-3-5-13-6-4-12;/h12-13H,2-11H2,1H3;1H. The summed E-state index contributed by atoms with van der Waals surface area (Å²) in [6, 6.07) is 0. The molecule has 0 unspecified atom stereocenters. The normalized spacial score (nSPS) is 24.7. The minimum Gasteiger partial charge on any atom is -0.317 e. The van der Waals surface area contributed by atoms with Gasteiger partial charge in [-0.2, -0.15) is 0 Å². The van der Waals surface area contributed by atoms with Gasteiger partial charge in [0.1, 0.15) is 0 Å². The summed E-state index contributed by atoms with van der Waals surface area (Å²) < 4.78 is 24.7. The molecule has 0 spiro atoms. The number of sulfonamides is 1. The lowest BCUT2D eigenvalue weighted by atomic mass is 9.97. The average Bonchev–Trinajstić information content (AvgIpc) is 2.55. The first-order valence-corrected chi connectivity index (χ1v) is 8.79. The zero-order chi connectivity index (χ0) is 13.0. The number of halogens is 1. The lowest BCUT2D eigenvalue weighted by molar-refractivity contribution is 0.213. The SMILES string of the molecule is CS(=O)(=O)N1CCCN(CC2CCNCC2)CC1.Cl. The first kappa shape index (κ1) is 17.2. The molecular formula is C12H26ClN3O2S. The third kappa shape index (κ3) is 5.55. The van der Waals surface area contributed by atoms with Gasteiger partial charge in [0.2, 0.25) is 10.0 Å². The van der Waals surface area contributed by atoms with Gasteiger partial charge in [0.15, 0.2) is 0 Å². The zero-order valence-corrected chi connectivity index (χ0v) is 13.3. The number of nitrogens with zero attached hydrogens (tertiary/aromatic N) is 2. The number of rotatable bonds is 3. The summed E-state index contributed by atoms with van der Waals surface area (Å²) in [5.41, 5.74) is 0. The molecule has 0 aromatic rings. The molecule has 114 valence electrons. The summed E-state index contributed by atoms with van der Waals surface area (Å²) in [7, 11) is -3.01. The molecule has 2 saturated heterocycles. The number of hydrogen-bond acceptors (Lipinski definition) is 4. The van der Waals surface area contributed by atoms with Gasteiger partial charge in [-0.25, -0.2) is 12.7 Å².